The fourth-order valence-electron chi connectivity index (χ4n) is 4.12. The molecular weight excluding hydrogens is 467 g/mol. The zero-order chi connectivity index (χ0) is 38.6. The molecule has 35 heavy (non-hydrogen) atoms. The summed E-state index contributed by atoms with van der Waals surface area (Å²) in [6, 6.07) is -8.95. The molecule has 6 atom stereocenters. The summed E-state index contributed by atoms with van der Waals surface area (Å²) >= 11 is 0. The molecular formula is C23H32F3N5O4. The van der Waals surface area contributed by atoms with Crippen LogP contribution < -0.4 is 16.0 Å². The van der Waals surface area contributed by atoms with E-state index < -0.39 is 115 Å². The second kappa shape index (κ2) is 8.99. The number of fused-ring (bicyclic) bond motifs is 1. The highest BCUT2D eigenvalue weighted by Crippen LogP contribution is 2.65. The zero-order valence-electron chi connectivity index (χ0n) is 32.5. The molecule has 0 aromatic carbocycles. The highest BCUT2D eigenvalue weighted by atomic mass is 19.4. The van der Waals surface area contributed by atoms with E-state index >= 15 is 0 Å². The molecule has 9 nitrogen and oxygen atoms in total. The monoisotopic (exact) mass is 513 g/mol. The van der Waals surface area contributed by atoms with E-state index in [4.69, 9.17) is 17.8 Å². The topological polar surface area (TPSA) is 131 Å². The molecule has 0 aromatic heterocycles. The Morgan fingerprint density at radius 3 is 2.54 bits per heavy atom. The van der Waals surface area contributed by atoms with E-state index in [-0.39, 0.29) is 13.0 Å². The van der Waals surface area contributed by atoms with Crippen LogP contribution in [-0.2, 0) is 19.2 Å². The van der Waals surface area contributed by atoms with Gasteiger partial charge in [0.2, 0.25) is 17.7 Å². The number of alkyl halides is 3. The first-order valence-electron chi connectivity index (χ1n) is 17.3. The fourth-order valence-corrected chi connectivity index (χ4v) is 4.12. The normalized spacial score (nSPS) is 42.4. The third-order valence-corrected chi connectivity index (χ3v) is 6.12. The molecule has 0 radical (unpaired) electrons. The Morgan fingerprint density at radius 2 is 2.03 bits per heavy atom. The van der Waals surface area contributed by atoms with Crippen molar-refractivity contribution in [2.75, 3.05) is 13.0 Å². The van der Waals surface area contributed by atoms with E-state index in [1.54, 1.807) is 5.32 Å². The van der Waals surface area contributed by atoms with Crippen LogP contribution in [0.1, 0.15) is 66.4 Å². The van der Waals surface area contributed by atoms with Crippen LogP contribution in [0.15, 0.2) is 0 Å². The quantitative estimate of drug-likeness (QED) is 0.490. The van der Waals surface area contributed by atoms with Crippen molar-refractivity contribution in [1.82, 2.24) is 20.9 Å². The first kappa shape index (κ1) is 13.5. The van der Waals surface area contributed by atoms with Crippen molar-refractivity contribution in [1.29, 1.82) is 5.26 Å². The standard InChI is InChI=1S/C23H32F3N5O4/c1-21(2,3)16(30-20(35)23(24,25)26)19(34)31-10-13-14(22(13,4)5)15(31)18(33)29-12(9-27)8-11-6-7-28-17(11)32/h11-16H,6-8,10H2,1-5H3,(H,28,32)(H,29,33)(H,30,35)/t11-,12-,13-,14-,15-,16?/m0/s1/i1D3,2D3,3D3,10D2,11D,12D,15D. The molecule has 3 N–H and O–H groups in total. The maximum absolute atomic E-state index is 14.4. The van der Waals surface area contributed by atoms with Gasteiger partial charge in [0.1, 0.15) is 18.1 Å². The van der Waals surface area contributed by atoms with E-state index in [2.05, 4.69) is 5.32 Å². The summed E-state index contributed by atoms with van der Waals surface area (Å²) in [5.41, 5.74) is -6.06. The molecule has 194 valence electrons. The molecule has 0 spiro atoms. The van der Waals surface area contributed by atoms with Gasteiger partial charge < -0.3 is 20.9 Å². The lowest BCUT2D eigenvalue weighted by molar-refractivity contribution is -0.176. The molecule has 12 heteroatoms. The molecule has 2 heterocycles. The average Bonchev–Trinajstić information content (AvgIpc) is 3.23. The SMILES string of the molecule is [2H]C1([2H])[C@H]2[C@H](C2(C)C)[C@@]([2H])(C(=O)N[C@]([2H])(C#N)C[C@]2([2H])CCNC2=O)N1C(=O)C(NC(=O)C(F)(F)F)C(C([2H])([2H])[2H])(C([2H])([2H])[2H])C([2H])([2H])[2H]. The third-order valence-electron chi connectivity index (χ3n) is 6.12. The molecule has 4 amide bonds. The summed E-state index contributed by atoms with van der Waals surface area (Å²) in [4.78, 5) is 52.3. The molecule has 3 fully saturated rings. The van der Waals surface area contributed by atoms with E-state index in [0.717, 1.165) is 5.32 Å². The Hall–Kier alpha value is -2.84. The van der Waals surface area contributed by atoms with Crippen LogP contribution in [0.3, 0.4) is 0 Å². The third kappa shape index (κ3) is 5.23. The number of amides is 4. The molecule has 1 aliphatic carbocycles. The van der Waals surface area contributed by atoms with Crippen LogP contribution in [-0.4, -0.2) is 65.8 Å². The number of nitrogens with one attached hydrogen (secondary N) is 3. The highest BCUT2D eigenvalue weighted by molar-refractivity contribution is 5.95. The van der Waals surface area contributed by atoms with Crippen molar-refractivity contribution in [3.05, 3.63) is 0 Å². The maximum atomic E-state index is 14.4. The first-order chi connectivity index (χ1) is 21.6. The largest absolute Gasteiger partial charge is 0.471 e. The van der Waals surface area contributed by atoms with E-state index in [1.165, 1.54) is 19.9 Å². The average molecular weight is 514 g/mol. The van der Waals surface area contributed by atoms with Crippen LogP contribution in [0, 0.1) is 39.9 Å². The zero-order valence-corrected chi connectivity index (χ0v) is 18.5. The summed E-state index contributed by atoms with van der Waals surface area (Å²) < 4.78 is 155. The maximum Gasteiger partial charge on any atom is 0.471 e. The van der Waals surface area contributed by atoms with Crippen LogP contribution in [0.2, 0.25) is 0 Å². The fraction of sp³-hybridized carbons (Fsp3) is 0.783. The van der Waals surface area contributed by atoms with Gasteiger partial charge in [-0.2, -0.15) is 18.4 Å². The number of likely N-dealkylation sites (tertiary alicyclic amines) is 1. The Bertz CT molecular complexity index is 1440. The number of carbonyl (C=O) groups excluding carboxylic acids is 4. The van der Waals surface area contributed by atoms with Gasteiger partial charge in [-0.05, 0) is 35.5 Å². The van der Waals surface area contributed by atoms with Crippen molar-refractivity contribution in [2.45, 2.75) is 71.5 Å². The van der Waals surface area contributed by atoms with Crippen LogP contribution >= 0.6 is 0 Å². The van der Waals surface area contributed by atoms with Crippen molar-refractivity contribution in [3.8, 4) is 6.07 Å². The van der Waals surface area contributed by atoms with Gasteiger partial charge in [0, 0.05) is 35.4 Å². The number of hydrogen-bond acceptors (Lipinski definition) is 5. The van der Waals surface area contributed by atoms with Gasteiger partial charge in [-0.15, -0.1) is 0 Å². The van der Waals surface area contributed by atoms with Crippen molar-refractivity contribution < 1.29 is 51.5 Å². The minimum Gasteiger partial charge on any atom is -0.356 e. The number of carbonyl (C=O) groups is 4. The van der Waals surface area contributed by atoms with Gasteiger partial charge in [0.25, 0.3) is 0 Å². The number of nitrogens with zero attached hydrogens (tertiary/aromatic N) is 2. The second-order valence-corrected chi connectivity index (χ2v) is 9.01. The molecule has 2 saturated heterocycles. The van der Waals surface area contributed by atoms with Gasteiger partial charge in [-0.3, -0.25) is 19.2 Å². The number of halogens is 3. The number of hydrogen-bond donors (Lipinski definition) is 3. The Labute approximate surface area is 221 Å². The molecule has 1 saturated carbocycles. The van der Waals surface area contributed by atoms with E-state index in [1.807, 2.05) is 0 Å². The highest BCUT2D eigenvalue weighted by Gasteiger charge is 2.70. The Balaban J connectivity index is 2.32. The number of rotatable bonds is 6. The Morgan fingerprint density at radius 1 is 1.37 bits per heavy atom. The van der Waals surface area contributed by atoms with Gasteiger partial charge in [0.15, 0.2) is 0 Å². The number of nitriles is 1. The smallest absolute Gasteiger partial charge is 0.356 e. The lowest BCUT2D eigenvalue weighted by atomic mass is 9.85. The van der Waals surface area contributed by atoms with E-state index in [9.17, 15) is 39.0 Å². The Kier molecular flexibility index (Phi) is 3.46. The van der Waals surface area contributed by atoms with Crippen molar-refractivity contribution in [2.24, 2.45) is 28.6 Å². The van der Waals surface area contributed by atoms with Crippen molar-refractivity contribution in [3.63, 3.8) is 0 Å². The van der Waals surface area contributed by atoms with Crippen LogP contribution in [0.4, 0.5) is 13.2 Å². The molecule has 1 unspecified atom stereocenters. The van der Waals surface area contributed by atoms with Crippen LogP contribution in [0.25, 0.3) is 0 Å². The van der Waals surface area contributed by atoms with Gasteiger partial charge in [-0.1, -0.05) is 34.4 Å². The minimum atomic E-state index is -6.01. The number of piperidine rings is 1. The minimum absolute atomic E-state index is 0.0517. The van der Waals surface area contributed by atoms with Gasteiger partial charge >= 0.3 is 12.1 Å². The predicted molar refractivity (Wildman–Crippen MR) is 117 cm³/mol. The molecule has 0 bridgehead atoms. The lowest BCUT2D eigenvalue weighted by Crippen LogP contribution is -2.61. The van der Waals surface area contributed by atoms with E-state index in [0.29, 0.717) is 0 Å². The van der Waals surface area contributed by atoms with Gasteiger partial charge in [-0.25, -0.2) is 0 Å². The molecule has 3 rings (SSSR count). The van der Waals surface area contributed by atoms with Crippen molar-refractivity contribution >= 4 is 23.6 Å². The summed E-state index contributed by atoms with van der Waals surface area (Å²) in [5, 5.41) is 14.7. The van der Waals surface area contributed by atoms with Crippen LogP contribution in [0.5, 0.6) is 0 Å². The summed E-state index contributed by atoms with van der Waals surface area (Å²) in [6.07, 6.45) is -7.31. The molecule has 2 aliphatic heterocycles. The molecule has 0 aromatic rings. The summed E-state index contributed by atoms with van der Waals surface area (Å²) in [6.45, 7) is -14.3. The summed E-state index contributed by atoms with van der Waals surface area (Å²) in [5.74, 6) is -14.0. The summed E-state index contributed by atoms with van der Waals surface area (Å²) in [7, 11) is 0. The second-order valence-electron chi connectivity index (χ2n) is 9.01. The first-order valence-corrected chi connectivity index (χ1v) is 10.3. The lowest BCUT2D eigenvalue weighted by Gasteiger charge is -2.37. The predicted octanol–water partition coefficient (Wildman–Crippen LogP) is 1.10. The van der Waals surface area contributed by atoms with Gasteiger partial charge in [0.05, 0.1) is 8.81 Å². The molecule has 3 aliphatic rings.